The van der Waals surface area contributed by atoms with E-state index >= 15 is 0 Å². The summed E-state index contributed by atoms with van der Waals surface area (Å²) in [6, 6.07) is 12.0. The van der Waals surface area contributed by atoms with Gasteiger partial charge in [-0.05, 0) is 30.2 Å². The number of aliphatic hydroxyl groups is 1. The zero-order valence-corrected chi connectivity index (χ0v) is 12.4. The van der Waals surface area contributed by atoms with Crippen LogP contribution in [0.15, 0.2) is 48.8 Å². The van der Waals surface area contributed by atoms with Crippen molar-refractivity contribution in [3.05, 3.63) is 59.9 Å². The van der Waals surface area contributed by atoms with Crippen LogP contribution in [0.3, 0.4) is 0 Å². The first kappa shape index (κ1) is 14.3. The number of para-hydroxylation sites is 1. The molecule has 2 aromatic heterocycles. The summed E-state index contributed by atoms with van der Waals surface area (Å²) in [7, 11) is 0. The molecular weight excluding hydrogens is 276 g/mol. The Hall–Kier alpha value is -2.66. The van der Waals surface area contributed by atoms with Gasteiger partial charge < -0.3 is 10.8 Å². The van der Waals surface area contributed by atoms with Gasteiger partial charge in [0.25, 0.3) is 0 Å². The second-order valence-corrected chi connectivity index (χ2v) is 5.04. The fourth-order valence-electron chi connectivity index (χ4n) is 2.52. The van der Waals surface area contributed by atoms with Gasteiger partial charge in [0.05, 0.1) is 24.2 Å². The van der Waals surface area contributed by atoms with Crippen molar-refractivity contribution in [1.29, 1.82) is 0 Å². The van der Waals surface area contributed by atoms with Crippen LogP contribution in [0.4, 0.5) is 5.82 Å². The lowest BCUT2D eigenvalue weighted by molar-refractivity contribution is 0.282. The lowest BCUT2D eigenvalue weighted by Crippen LogP contribution is -2.04. The van der Waals surface area contributed by atoms with Crippen LogP contribution in [-0.2, 0) is 13.0 Å². The van der Waals surface area contributed by atoms with E-state index < -0.39 is 0 Å². The maximum atomic E-state index is 9.37. The Morgan fingerprint density at radius 3 is 2.77 bits per heavy atom. The number of hydrogen-bond donors (Lipinski definition) is 2. The van der Waals surface area contributed by atoms with Crippen LogP contribution < -0.4 is 5.73 Å². The van der Waals surface area contributed by atoms with E-state index in [4.69, 9.17) is 5.73 Å². The minimum atomic E-state index is -0.133. The molecule has 3 rings (SSSR count). The zero-order valence-electron chi connectivity index (χ0n) is 12.4. The van der Waals surface area contributed by atoms with Crippen molar-refractivity contribution in [3.63, 3.8) is 0 Å². The quantitative estimate of drug-likeness (QED) is 0.775. The molecule has 0 amide bonds. The molecule has 0 aliphatic heterocycles. The molecule has 3 N–H and O–H groups in total. The van der Waals surface area contributed by atoms with Crippen LogP contribution >= 0.6 is 0 Å². The molecule has 0 radical (unpaired) electrons. The second kappa shape index (κ2) is 5.99. The van der Waals surface area contributed by atoms with E-state index in [0.29, 0.717) is 11.4 Å². The van der Waals surface area contributed by atoms with Crippen molar-refractivity contribution < 1.29 is 5.11 Å². The summed E-state index contributed by atoms with van der Waals surface area (Å²) in [5.41, 5.74) is 10.4. The van der Waals surface area contributed by atoms with Gasteiger partial charge in [-0.1, -0.05) is 25.1 Å². The largest absolute Gasteiger partial charge is 0.392 e. The average Bonchev–Trinajstić information content (AvgIpc) is 3.04. The van der Waals surface area contributed by atoms with Crippen LogP contribution in [0.5, 0.6) is 0 Å². The van der Waals surface area contributed by atoms with Gasteiger partial charge in [0, 0.05) is 17.3 Å². The molecule has 5 heteroatoms. The number of benzene rings is 1. The summed E-state index contributed by atoms with van der Waals surface area (Å²) < 4.78 is 1.90. The van der Waals surface area contributed by atoms with Gasteiger partial charge in [-0.3, -0.25) is 0 Å². The molecule has 1 aromatic carbocycles. The molecule has 3 aromatic rings. The van der Waals surface area contributed by atoms with Gasteiger partial charge in [0.2, 0.25) is 0 Å². The van der Waals surface area contributed by atoms with Gasteiger partial charge in [-0.15, -0.1) is 0 Å². The van der Waals surface area contributed by atoms with E-state index in [1.54, 1.807) is 12.4 Å². The molecular formula is C17H18N4O. The van der Waals surface area contributed by atoms with Crippen molar-refractivity contribution in [2.75, 3.05) is 5.73 Å². The third kappa shape index (κ3) is 2.46. The molecule has 0 saturated heterocycles. The Morgan fingerprint density at radius 2 is 2.00 bits per heavy atom. The molecule has 0 atom stereocenters. The number of aryl methyl sites for hydroxylation is 1. The lowest BCUT2D eigenvalue weighted by atomic mass is 10.1. The SMILES string of the molecule is CCc1ccccc1-n1nccc1-c1cnc(N)c(CO)c1. The Labute approximate surface area is 129 Å². The van der Waals surface area contributed by atoms with Crippen LogP contribution in [0, 0.1) is 0 Å². The Morgan fingerprint density at radius 1 is 1.18 bits per heavy atom. The number of rotatable bonds is 4. The monoisotopic (exact) mass is 294 g/mol. The van der Waals surface area contributed by atoms with Crippen molar-refractivity contribution in [2.24, 2.45) is 0 Å². The maximum Gasteiger partial charge on any atom is 0.128 e. The summed E-state index contributed by atoms with van der Waals surface area (Å²) >= 11 is 0. The molecule has 0 aliphatic rings. The zero-order chi connectivity index (χ0) is 15.5. The molecule has 0 saturated carbocycles. The predicted octanol–water partition coefficient (Wildman–Crippen LogP) is 2.57. The standard InChI is InChI=1S/C17H18N4O/c1-2-12-5-3-4-6-15(12)21-16(7-8-20-21)13-9-14(11-22)17(18)19-10-13/h3-10,22H,2,11H2,1H3,(H2,18,19). The topological polar surface area (TPSA) is 77.0 Å². The summed E-state index contributed by atoms with van der Waals surface area (Å²) in [6.07, 6.45) is 4.39. The Kier molecular flexibility index (Phi) is 3.89. The fraction of sp³-hybridized carbons (Fsp3) is 0.176. The van der Waals surface area contributed by atoms with Crippen LogP contribution in [0.1, 0.15) is 18.1 Å². The molecule has 0 bridgehead atoms. The van der Waals surface area contributed by atoms with Gasteiger partial charge in [-0.25, -0.2) is 9.67 Å². The van der Waals surface area contributed by atoms with Crippen molar-refractivity contribution in [1.82, 2.24) is 14.8 Å². The van der Waals surface area contributed by atoms with Crippen molar-refractivity contribution in [2.45, 2.75) is 20.0 Å². The first-order valence-electron chi connectivity index (χ1n) is 7.22. The van der Waals surface area contributed by atoms with Crippen LogP contribution in [0.2, 0.25) is 0 Å². The highest BCUT2D eigenvalue weighted by Crippen LogP contribution is 2.26. The Balaban J connectivity index is 2.13. The van der Waals surface area contributed by atoms with Crippen molar-refractivity contribution >= 4 is 5.82 Å². The molecule has 0 unspecified atom stereocenters. The molecule has 0 spiro atoms. The number of nitrogens with zero attached hydrogens (tertiary/aromatic N) is 3. The van der Waals surface area contributed by atoms with E-state index in [1.807, 2.05) is 35.0 Å². The minimum Gasteiger partial charge on any atom is -0.392 e. The van der Waals surface area contributed by atoms with E-state index in [0.717, 1.165) is 23.4 Å². The molecule has 0 fully saturated rings. The first-order valence-corrected chi connectivity index (χ1v) is 7.22. The van der Waals surface area contributed by atoms with Crippen LogP contribution in [-0.4, -0.2) is 19.9 Å². The molecule has 5 nitrogen and oxygen atoms in total. The normalized spacial score (nSPS) is 10.8. The number of nitrogens with two attached hydrogens (primary N) is 1. The van der Waals surface area contributed by atoms with E-state index in [-0.39, 0.29) is 6.61 Å². The fourth-order valence-corrected chi connectivity index (χ4v) is 2.52. The summed E-state index contributed by atoms with van der Waals surface area (Å²) in [5, 5.41) is 13.8. The molecule has 0 aliphatic carbocycles. The van der Waals surface area contributed by atoms with Gasteiger partial charge in [-0.2, -0.15) is 5.10 Å². The summed E-state index contributed by atoms with van der Waals surface area (Å²) in [4.78, 5) is 4.16. The van der Waals surface area contributed by atoms with E-state index in [9.17, 15) is 5.11 Å². The molecule has 22 heavy (non-hydrogen) atoms. The Bertz CT molecular complexity index is 795. The van der Waals surface area contributed by atoms with E-state index in [2.05, 4.69) is 23.1 Å². The van der Waals surface area contributed by atoms with Gasteiger partial charge in [0.1, 0.15) is 5.82 Å². The highest BCUT2D eigenvalue weighted by molar-refractivity contribution is 5.64. The second-order valence-electron chi connectivity index (χ2n) is 5.04. The highest BCUT2D eigenvalue weighted by atomic mass is 16.3. The number of pyridine rings is 1. The van der Waals surface area contributed by atoms with Gasteiger partial charge in [0.15, 0.2) is 0 Å². The lowest BCUT2D eigenvalue weighted by Gasteiger charge is -2.12. The average molecular weight is 294 g/mol. The smallest absolute Gasteiger partial charge is 0.128 e. The summed E-state index contributed by atoms with van der Waals surface area (Å²) in [5.74, 6) is 0.353. The van der Waals surface area contributed by atoms with Crippen LogP contribution in [0.25, 0.3) is 16.9 Å². The predicted molar refractivity (Wildman–Crippen MR) is 86.5 cm³/mol. The number of aromatic nitrogens is 3. The maximum absolute atomic E-state index is 9.37. The number of aliphatic hydroxyl groups excluding tert-OH is 1. The van der Waals surface area contributed by atoms with Gasteiger partial charge >= 0.3 is 0 Å². The van der Waals surface area contributed by atoms with E-state index in [1.165, 1.54) is 5.56 Å². The molecule has 2 heterocycles. The number of anilines is 1. The first-order chi connectivity index (χ1) is 10.7. The number of nitrogen functional groups attached to an aromatic ring is 1. The summed E-state index contributed by atoms with van der Waals surface area (Å²) in [6.45, 7) is 1.99. The minimum absolute atomic E-state index is 0.133. The third-order valence-electron chi connectivity index (χ3n) is 3.71. The molecule has 112 valence electrons. The van der Waals surface area contributed by atoms with Crippen molar-refractivity contribution in [3.8, 4) is 16.9 Å². The third-order valence-corrected chi connectivity index (χ3v) is 3.71. The number of hydrogen-bond acceptors (Lipinski definition) is 4. The highest BCUT2D eigenvalue weighted by Gasteiger charge is 2.12.